The predicted molar refractivity (Wildman–Crippen MR) is 74.8 cm³/mol. The summed E-state index contributed by atoms with van der Waals surface area (Å²) in [7, 11) is -1.83. The molecule has 0 saturated heterocycles. The summed E-state index contributed by atoms with van der Waals surface area (Å²) in [4.78, 5) is 4.24. The molecule has 0 aliphatic carbocycles. The highest BCUT2D eigenvalue weighted by Crippen LogP contribution is 2.26. The molecule has 0 saturated carbocycles. The summed E-state index contributed by atoms with van der Waals surface area (Å²) in [5.74, 6) is 0.885. The summed E-state index contributed by atoms with van der Waals surface area (Å²) in [5.41, 5.74) is 6.05. The topological polar surface area (TPSA) is 91.5 Å². The van der Waals surface area contributed by atoms with Gasteiger partial charge in [-0.25, -0.2) is 8.42 Å². The summed E-state index contributed by atoms with van der Waals surface area (Å²) >= 11 is 0. The molecule has 0 radical (unpaired) electrons. The van der Waals surface area contributed by atoms with Gasteiger partial charge in [0.2, 0.25) is 11.8 Å². The van der Waals surface area contributed by atoms with Gasteiger partial charge in [0.25, 0.3) is 0 Å². The number of nitrogens with zero attached hydrogens (tertiary/aromatic N) is 1. The van der Waals surface area contributed by atoms with Crippen molar-refractivity contribution >= 4 is 15.5 Å². The molecule has 0 unspecified atom stereocenters. The third-order valence-electron chi connectivity index (χ3n) is 2.51. The minimum absolute atomic E-state index is 0.178. The Morgan fingerprint density at radius 3 is 2.60 bits per heavy atom. The highest BCUT2D eigenvalue weighted by molar-refractivity contribution is 7.90. The van der Waals surface area contributed by atoms with Crippen molar-refractivity contribution in [3.8, 4) is 17.5 Å². The molecule has 2 aromatic rings. The van der Waals surface area contributed by atoms with Crippen LogP contribution in [0.25, 0.3) is 0 Å². The number of hydrogen-bond donors (Lipinski definition) is 1. The normalized spacial score (nSPS) is 11.1. The number of rotatable bonds is 4. The number of benzene rings is 1. The van der Waals surface area contributed by atoms with Crippen molar-refractivity contribution in [2.75, 3.05) is 19.1 Å². The lowest BCUT2D eigenvalue weighted by atomic mass is 10.3. The molecule has 106 valence electrons. The fourth-order valence-electron chi connectivity index (χ4n) is 1.54. The Morgan fingerprint density at radius 2 is 1.95 bits per heavy atom. The maximum Gasteiger partial charge on any atom is 0.240 e. The van der Waals surface area contributed by atoms with E-state index in [2.05, 4.69) is 4.98 Å². The Balaban J connectivity index is 2.31. The number of aromatic nitrogens is 1. The Labute approximate surface area is 117 Å². The molecule has 0 aliphatic heterocycles. The Bertz CT molecular complexity index is 729. The van der Waals surface area contributed by atoms with Gasteiger partial charge in [0.1, 0.15) is 5.75 Å². The molecule has 0 spiro atoms. The summed E-state index contributed by atoms with van der Waals surface area (Å²) in [6.45, 7) is 0. The zero-order valence-electron chi connectivity index (χ0n) is 11.0. The SMILES string of the molecule is COc1nc(Oc2cccc(S(C)(=O)=O)c2)ccc1N. The Morgan fingerprint density at radius 1 is 1.20 bits per heavy atom. The van der Waals surface area contributed by atoms with Crippen LogP contribution < -0.4 is 15.2 Å². The van der Waals surface area contributed by atoms with E-state index in [1.54, 1.807) is 24.3 Å². The van der Waals surface area contributed by atoms with E-state index in [9.17, 15) is 8.42 Å². The molecule has 1 aromatic heterocycles. The number of nitrogens with two attached hydrogens (primary N) is 1. The molecule has 2 N–H and O–H groups in total. The van der Waals surface area contributed by atoms with E-state index < -0.39 is 9.84 Å². The van der Waals surface area contributed by atoms with Gasteiger partial charge in [0, 0.05) is 12.3 Å². The first-order valence-electron chi connectivity index (χ1n) is 5.68. The molecule has 0 fully saturated rings. The van der Waals surface area contributed by atoms with Gasteiger partial charge in [0.15, 0.2) is 9.84 Å². The van der Waals surface area contributed by atoms with Crippen molar-refractivity contribution < 1.29 is 17.9 Å². The van der Waals surface area contributed by atoms with E-state index in [1.807, 2.05) is 0 Å². The van der Waals surface area contributed by atoms with Crippen LogP contribution in [0.2, 0.25) is 0 Å². The van der Waals surface area contributed by atoms with Gasteiger partial charge in [-0.1, -0.05) is 6.07 Å². The van der Waals surface area contributed by atoms with E-state index in [4.69, 9.17) is 15.2 Å². The van der Waals surface area contributed by atoms with Crippen LogP contribution in [0.3, 0.4) is 0 Å². The molecule has 2 rings (SSSR count). The second-order valence-corrected chi connectivity index (χ2v) is 6.11. The molecule has 20 heavy (non-hydrogen) atoms. The molecular weight excluding hydrogens is 280 g/mol. The highest BCUT2D eigenvalue weighted by Gasteiger charge is 2.09. The minimum Gasteiger partial charge on any atom is -0.479 e. The van der Waals surface area contributed by atoms with Crippen LogP contribution in [-0.2, 0) is 9.84 Å². The van der Waals surface area contributed by atoms with E-state index in [-0.39, 0.29) is 16.7 Å². The quantitative estimate of drug-likeness (QED) is 0.925. The molecule has 0 amide bonds. The highest BCUT2D eigenvalue weighted by atomic mass is 32.2. The molecule has 7 heteroatoms. The first kappa shape index (κ1) is 14.1. The Hall–Kier alpha value is -2.28. The zero-order chi connectivity index (χ0) is 14.8. The van der Waals surface area contributed by atoms with Crippen LogP contribution in [-0.4, -0.2) is 26.8 Å². The first-order valence-corrected chi connectivity index (χ1v) is 7.58. The molecule has 6 nitrogen and oxygen atoms in total. The zero-order valence-corrected chi connectivity index (χ0v) is 11.8. The maximum atomic E-state index is 11.5. The van der Waals surface area contributed by atoms with E-state index in [1.165, 1.54) is 19.2 Å². The summed E-state index contributed by atoms with van der Waals surface area (Å²) in [5, 5.41) is 0. The van der Waals surface area contributed by atoms with Gasteiger partial charge in [-0.05, 0) is 24.3 Å². The fraction of sp³-hybridized carbons (Fsp3) is 0.154. The van der Waals surface area contributed by atoms with Crippen LogP contribution in [0.4, 0.5) is 5.69 Å². The lowest BCUT2D eigenvalue weighted by Gasteiger charge is -2.08. The average molecular weight is 294 g/mol. The lowest BCUT2D eigenvalue weighted by Crippen LogP contribution is -1.99. The van der Waals surface area contributed by atoms with Gasteiger partial charge >= 0.3 is 0 Å². The third kappa shape index (κ3) is 3.18. The molecular formula is C13H14N2O4S. The predicted octanol–water partition coefficient (Wildman–Crippen LogP) is 1.87. The van der Waals surface area contributed by atoms with Crippen molar-refractivity contribution in [2.45, 2.75) is 4.90 Å². The number of nitrogen functional groups attached to an aromatic ring is 1. The van der Waals surface area contributed by atoms with Crippen LogP contribution in [0.1, 0.15) is 0 Å². The van der Waals surface area contributed by atoms with Crippen molar-refractivity contribution in [1.29, 1.82) is 0 Å². The number of sulfone groups is 1. The van der Waals surface area contributed by atoms with Crippen molar-refractivity contribution in [1.82, 2.24) is 4.98 Å². The molecule has 1 heterocycles. The van der Waals surface area contributed by atoms with Crippen molar-refractivity contribution in [3.63, 3.8) is 0 Å². The molecule has 0 atom stereocenters. The van der Waals surface area contributed by atoms with Gasteiger partial charge < -0.3 is 15.2 Å². The first-order chi connectivity index (χ1) is 9.40. The van der Waals surface area contributed by atoms with Crippen LogP contribution in [0.15, 0.2) is 41.3 Å². The second kappa shape index (κ2) is 5.38. The minimum atomic E-state index is -3.28. The molecule has 0 aliphatic rings. The second-order valence-electron chi connectivity index (χ2n) is 4.10. The number of ether oxygens (including phenoxy) is 2. The molecule has 0 bridgehead atoms. The third-order valence-corrected chi connectivity index (χ3v) is 3.62. The van der Waals surface area contributed by atoms with Gasteiger partial charge in [-0.3, -0.25) is 0 Å². The van der Waals surface area contributed by atoms with Crippen LogP contribution in [0.5, 0.6) is 17.5 Å². The van der Waals surface area contributed by atoms with Gasteiger partial charge in [0.05, 0.1) is 17.7 Å². The number of pyridine rings is 1. The van der Waals surface area contributed by atoms with Crippen LogP contribution >= 0.6 is 0 Å². The maximum absolute atomic E-state index is 11.5. The van der Waals surface area contributed by atoms with E-state index in [0.717, 1.165) is 6.26 Å². The molecule has 1 aromatic carbocycles. The average Bonchev–Trinajstić information content (AvgIpc) is 2.40. The number of anilines is 1. The summed E-state index contributed by atoms with van der Waals surface area (Å²) in [6.07, 6.45) is 1.14. The standard InChI is InChI=1S/C13H14N2O4S/c1-18-13-11(14)6-7-12(15-13)19-9-4-3-5-10(8-9)20(2,16)17/h3-8H,14H2,1-2H3. The van der Waals surface area contributed by atoms with E-state index in [0.29, 0.717) is 11.4 Å². The fourth-order valence-corrected chi connectivity index (χ4v) is 2.20. The number of hydrogen-bond acceptors (Lipinski definition) is 6. The summed E-state index contributed by atoms with van der Waals surface area (Å²) < 4.78 is 33.4. The lowest BCUT2D eigenvalue weighted by molar-refractivity contribution is 0.385. The van der Waals surface area contributed by atoms with E-state index >= 15 is 0 Å². The van der Waals surface area contributed by atoms with Gasteiger partial charge in [-0.2, -0.15) is 4.98 Å². The van der Waals surface area contributed by atoms with Gasteiger partial charge in [-0.15, -0.1) is 0 Å². The van der Waals surface area contributed by atoms with Crippen LogP contribution in [0, 0.1) is 0 Å². The van der Waals surface area contributed by atoms with Crippen molar-refractivity contribution in [2.24, 2.45) is 0 Å². The smallest absolute Gasteiger partial charge is 0.240 e. The Kier molecular flexibility index (Phi) is 3.80. The van der Waals surface area contributed by atoms with Crippen molar-refractivity contribution in [3.05, 3.63) is 36.4 Å². The summed E-state index contributed by atoms with van der Waals surface area (Å²) in [6, 6.07) is 9.34. The largest absolute Gasteiger partial charge is 0.479 e. The monoisotopic (exact) mass is 294 g/mol. The number of methoxy groups -OCH3 is 1.